The minimum Gasteiger partial charge on any atom is -0.357 e. The van der Waals surface area contributed by atoms with E-state index in [2.05, 4.69) is 42.3 Å². The number of nitrogens with one attached hydrogen (secondary N) is 1. The first-order valence-electron chi connectivity index (χ1n) is 8.98. The quantitative estimate of drug-likeness (QED) is 0.654. The van der Waals surface area contributed by atoms with E-state index < -0.39 is 0 Å². The van der Waals surface area contributed by atoms with Gasteiger partial charge in [-0.15, -0.1) is 21.5 Å². The molecule has 3 heterocycles. The molecule has 7 nitrogen and oxygen atoms in total. The molecular formula is C17H27N7S. The normalized spacial score (nSPS) is 14.9. The third-order valence-corrected chi connectivity index (χ3v) is 5.14. The predicted octanol–water partition coefficient (Wildman–Crippen LogP) is 2.37. The topological polar surface area (TPSA) is 71.2 Å². The molecule has 8 heteroatoms. The fourth-order valence-electron chi connectivity index (χ4n) is 3.08. The van der Waals surface area contributed by atoms with Crippen LogP contribution in [0.2, 0.25) is 0 Å². The molecule has 0 spiro atoms. The van der Waals surface area contributed by atoms with E-state index in [1.165, 1.54) is 19.3 Å². The number of aryl methyl sites for hydroxylation is 2. The van der Waals surface area contributed by atoms with Crippen LogP contribution in [0.5, 0.6) is 0 Å². The van der Waals surface area contributed by atoms with Gasteiger partial charge in [0.05, 0.1) is 17.2 Å². The molecule has 0 aliphatic carbocycles. The number of nitrogens with zero attached hydrogens (tertiary/aromatic N) is 6. The summed E-state index contributed by atoms with van der Waals surface area (Å²) in [6.45, 7) is 7.25. The van der Waals surface area contributed by atoms with E-state index in [-0.39, 0.29) is 0 Å². The van der Waals surface area contributed by atoms with Crippen LogP contribution in [-0.2, 0) is 26.1 Å². The van der Waals surface area contributed by atoms with E-state index in [0.29, 0.717) is 6.54 Å². The van der Waals surface area contributed by atoms with Gasteiger partial charge in [0.2, 0.25) is 0 Å². The lowest BCUT2D eigenvalue weighted by molar-refractivity contribution is 0.469. The highest BCUT2D eigenvalue weighted by molar-refractivity contribution is 7.09. The summed E-state index contributed by atoms with van der Waals surface area (Å²) >= 11 is 1.68. The summed E-state index contributed by atoms with van der Waals surface area (Å²) in [6, 6.07) is 0. The molecule has 0 bridgehead atoms. The molecule has 0 atom stereocenters. The fourth-order valence-corrected chi connectivity index (χ4v) is 3.68. The van der Waals surface area contributed by atoms with Crippen molar-refractivity contribution < 1.29 is 0 Å². The van der Waals surface area contributed by atoms with Gasteiger partial charge >= 0.3 is 0 Å². The Morgan fingerprint density at radius 2 is 2.24 bits per heavy atom. The Labute approximate surface area is 153 Å². The highest BCUT2D eigenvalue weighted by Crippen LogP contribution is 2.15. The maximum atomic E-state index is 4.78. The molecule has 0 amide bonds. The molecule has 1 aliphatic heterocycles. The van der Waals surface area contributed by atoms with Gasteiger partial charge in [0.1, 0.15) is 12.4 Å². The third kappa shape index (κ3) is 4.56. The number of hydrogen-bond acceptors (Lipinski definition) is 5. The molecule has 0 unspecified atom stereocenters. The molecule has 0 saturated heterocycles. The van der Waals surface area contributed by atoms with E-state index in [1.54, 1.807) is 11.3 Å². The zero-order valence-electron chi connectivity index (χ0n) is 15.3. The van der Waals surface area contributed by atoms with Crippen molar-refractivity contribution in [3.05, 3.63) is 27.7 Å². The van der Waals surface area contributed by atoms with E-state index in [0.717, 1.165) is 54.4 Å². The van der Waals surface area contributed by atoms with Crippen LogP contribution in [0.1, 0.15) is 48.5 Å². The molecule has 0 aromatic carbocycles. The van der Waals surface area contributed by atoms with Gasteiger partial charge in [-0.25, -0.2) is 9.98 Å². The third-order valence-electron chi connectivity index (χ3n) is 4.32. The van der Waals surface area contributed by atoms with Crippen molar-refractivity contribution in [3.8, 4) is 0 Å². The van der Waals surface area contributed by atoms with Crippen LogP contribution in [0.25, 0.3) is 0 Å². The van der Waals surface area contributed by atoms with Gasteiger partial charge in [0, 0.05) is 31.9 Å². The molecule has 25 heavy (non-hydrogen) atoms. The number of aromatic nitrogens is 4. The smallest absolute Gasteiger partial charge is 0.194 e. The second-order valence-electron chi connectivity index (χ2n) is 6.38. The Bertz CT molecular complexity index is 718. The van der Waals surface area contributed by atoms with Gasteiger partial charge in [-0.05, 0) is 26.7 Å². The van der Waals surface area contributed by atoms with Crippen molar-refractivity contribution in [1.82, 2.24) is 30.0 Å². The Balaban J connectivity index is 1.70. The van der Waals surface area contributed by atoms with Gasteiger partial charge in [-0.2, -0.15) is 0 Å². The second kappa shape index (κ2) is 8.42. The lowest BCUT2D eigenvalue weighted by Gasteiger charge is -2.21. The highest BCUT2D eigenvalue weighted by Gasteiger charge is 2.15. The van der Waals surface area contributed by atoms with Crippen molar-refractivity contribution in [3.63, 3.8) is 0 Å². The monoisotopic (exact) mass is 361 g/mol. The first kappa shape index (κ1) is 17.8. The lowest BCUT2D eigenvalue weighted by atomic mass is 10.2. The van der Waals surface area contributed by atoms with Crippen LogP contribution >= 0.6 is 11.3 Å². The van der Waals surface area contributed by atoms with E-state index in [9.17, 15) is 0 Å². The minimum absolute atomic E-state index is 0.551. The van der Waals surface area contributed by atoms with Gasteiger partial charge in [0.25, 0.3) is 0 Å². The van der Waals surface area contributed by atoms with Crippen molar-refractivity contribution in [2.45, 2.75) is 59.2 Å². The van der Waals surface area contributed by atoms with Gasteiger partial charge in [-0.1, -0.05) is 6.42 Å². The predicted molar refractivity (Wildman–Crippen MR) is 101 cm³/mol. The number of guanidine groups is 1. The number of rotatable bonds is 5. The summed E-state index contributed by atoms with van der Waals surface area (Å²) in [6.07, 6.45) is 4.70. The van der Waals surface area contributed by atoms with Crippen molar-refractivity contribution >= 4 is 17.3 Å². The average molecular weight is 362 g/mol. The molecule has 1 N–H and O–H groups in total. The van der Waals surface area contributed by atoms with Crippen molar-refractivity contribution in [2.24, 2.45) is 4.99 Å². The first-order chi connectivity index (χ1) is 12.2. The molecule has 2 aromatic heterocycles. The lowest BCUT2D eigenvalue weighted by Crippen LogP contribution is -2.38. The fraction of sp³-hybridized carbons (Fsp3) is 0.647. The molecular weight excluding hydrogens is 334 g/mol. The Hall–Kier alpha value is -1.96. The number of hydrogen-bond donors (Lipinski definition) is 1. The van der Waals surface area contributed by atoms with Crippen LogP contribution in [0.15, 0.2) is 10.4 Å². The zero-order valence-corrected chi connectivity index (χ0v) is 16.1. The Morgan fingerprint density at radius 3 is 3.00 bits per heavy atom. The molecule has 136 valence electrons. The molecule has 0 fully saturated rings. The Morgan fingerprint density at radius 1 is 1.36 bits per heavy atom. The van der Waals surface area contributed by atoms with Gasteiger partial charge in [0.15, 0.2) is 11.8 Å². The summed E-state index contributed by atoms with van der Waals surface area (Å²) < 4.78 is 2.25. The molecule has 3 rings (SSSR count). The maximum absolute atomic E-state index is 4.78. The number of aliphatic imine (C=N–C) groups is 1. The largest absolute Gasteiger partial charge is 0.357 e. The van der Waals surface area contributed by atoms with Crippen LogP contribution in [0.3, 0.4) is 0 Å². The van der Waals surface area contributed by atoms with Crippen LogP contribution in [0.4, 0.5) is 0 Å². The van der Waals surface area contributed by atoms with Gasteiger partial charge < -0.3 is 14.8 Å². The highest BCUT2D eigenvalue weighted by atomic mass is 32.1. The second-order valence-corrected chi connectivity index (χ2v) is 7.44. The van der Waals surface area contributed by atoms with Crippen molar-refractivity contribution in [2.75, 3.05) is 13.6 Å². The maximum Gasteiger partial charge on any atom is 0.194 e. The van der Waals surface area contributed by atoms with Crippen LogP contribution in [-0.4, -0.2) is 44.2 Å². The number of fused-ring (bicyclic) bond motifs is 1. The number of thiazole rings is 1. The van der Waals surface area contributed by atoms with E-state index in [1.807, 2.05) is 14.0 Å². The first-order valence-corrected chi connectivity index (χ1v) is 9.86. The zero-order chi connectivity index (χ0) is 17.6. The summed E-state index contributed by atoms with van der Waals surface area (Å²) in [4.78, 5) is 11.4. The molecule has 1 aliphatic rings. The Kier molecular flexibility index (Phi) is 6.01. The van der Waals surface area contributed by atoms with E-state index >= 15 is 0 Å². The summed E-state index contributed by atoms with van der Waals surface area (Å²) in [5.41, 5.74) is 1.08. The summed E-state index contributed by atoms with van der Waals surface area (Å²) in [7, 11) is 2.04. The van der Waals surface area contributed by atoms with E-state index in [4.69, 9.17) is 4.99 Å². The van der Waals surface area contributed by atoms with Gasteiger partial charge in [-0.3, -0.25) is 0 Å². The molecule has 2 aromatic rings. The minimum atomic E-state index is 0.551. The standard InChI is InChI=1S/C17H27N7S/c1-4-18-17(23(3)11-14-12-25-13(2)20-14)19-10-16-22-21-15-8-6-5-7-9-24(15)16/h12H,4-11H2,1-3H3,(H,18,19). The van der Waals surface area contributed by atoms with Crippen molar-refractivity contribution in [1.29, 1.82) is 0 Å². The average Bonchev–Trinajstić information content (AvgIpc) is 3.09. The summed E-state index contributed by atoms with van der Waals surface area (Å²) in [5.74, 6) is 2.95. The van der Waals surface area contributed by atoms with Crippen LogP contribution < -0.4 is 5.32 Å². The summed E-state index contributed by atoms with van der Waals surface area (Å²) in [5, 5.41) is 15.3. The molecule has 0 saturated carbocycles. The molecule has 0 radical (unpaired) electrons. The SMILES string of the molecule is CCNC(=NCc1nnc2n1CCCCC2)N(C)Cc1csc(C)n1. The van der Waals surface area contributed by atoms with Crippen LogP contribution in [0, 0.1) is 6.92 Å².